The molecule has 0 radical (unpaired) electrons. The summed E-state index contributed by atoms with van der Waals surface area (Å²) in [6.45, 7) is 0.0241. The molecule has 0 aromatic heterocycles. The minimum absolute atomic E-state index is 0.193. The highest BCUT2D eigenvalue weighted by Crippen LogP contribution is 2.24. The molecule has 0 spiro atoms. The molecule has 1 aromatic carbocycles. The molecule has 1 heterocycles. The molecule has 1 saturated heterocycles. The molecule has 1 aliphatic heterocycles. The summed E-state index contributed by atoms with van der Waals surface area (Å²) in [6.07, 6.45) is -0.232. The third kappa shape index (κ3) is 3.82. The number of anilines is 1. The van der Waals surface area contributed by atoms with Gasteiger partial charge in [-0.25, -0.2) is 4.79 Å². The molecule has 1 fully saturated rings. The van der Waals surface area contributed by atoms with Crippen LogP contribution in [-0.4, -0.2) is 40.0 Å². The third-order valence-corrected chi connectivity index (χ3v) is 3.26. The third-order valence-electron chi connectivity index (χ3n) is 2.46. The number of carbonyl (C=O) groups is 1. The minimum Gasteiger partial charge on any atom is -0.441 e. The van der Waals surface area contributed by atoms with Crippen molar-refractivity contribution >= 4 is 33.5 Å². The fourth-order valence-electron chi connectivity index (χ4n) is 1.66. The van der Waals surface area contributed by atoms with E-state index in [4.69, 9.17) is 16.3 Å². The van der Waals surface area contributed by atoms with Gasteiger partial charge in [-0.15, -0.1) is 0 Å². The first-order chi connectivity index (χ1) is 8.85. The summed E-state index contributed by atoms with van der Waals surface area (Å²) in [5, 5.41) is 0.501. The van der Waals surface area contributed by atoms with Gasteiger partial charge in [0.2, 0.25) is 0 Å². The summed E-state index contributed by atoms with van der Waals surface area (Å²) in [6, 6.07) is 6.75. The molecule has 1 aliphatic rings. The van der Waals surface area contributed by atoms with Crippen molar-refractivity contribution in [1.82, 2.24) is 0 Å². The van der Waals surface area contributed by atoms with Crippen LogP contribution in [0.4, 0.5) is 10.5 Å². The molecule has 19 heavy (non-hydrogen) atoms. The van der Waals surface area contributed by atoms with Crippen LogP contribution in [0.25, 0.3) is 0 Å². The van der Waals surface area contributed by atoms with Gasteiger partial charge in [-0.05, 0) is 18.2 Å². The number of hydrogen-bond acceptors (Lipinski definition) is 5. The average molecular weight is 306 g/mol. The Morgan fingerprint density at radius 1 is 1.53 bits per heavy atom. The van der Waals surface area contributed by atoms with Gasteiger partial charge in [0, 0.05) is 10.7 Å². The maximum atomic E-state index is 11.7. The molecule has 1 amide bonds. The summed E-state index contributed by atoms with van der Waals surface area (Å²) in [5.41, 5.74) is 0.597. The number of nitrogens with zero attached hydrogens (tertiary/aromatic N) is 1. The molecule has 2 rings (SSSR count). The Kier molecular flexibility index (Phi) is 3.98. The lowest BCUT2D eigenvalue weighted by Gasteiger charge is -2.12. The Morgan fingerprint density at radius 2 is 2.26 bits per heavy atom. The van der Waals surface area contributed by atoms with Crippen LogP contribution in [0.1, 0.15) is 0 Å². The van der Waals surface area contributed by atoms with E-state index in [1.54, 1.807) is 24.3 Å². The number of rotatable bonds is 4. The van der Waals surface area contributed by atoms with Gasteiger partial charge >= 0.3 is 6.09 Å². The van der Waals surface area contributed by atoms with Crippen LogP contribution in [0, 0.1) is 0 Å². The van der Waals surface area contributed by atoms with Crippen molar-refractivity contribution in [2.45, 2.75) is 6.10 Å². The molecule has 1 unspecified atom stereocenters. The van der Waals surface area contributed by atoms with Gasteiger partial charge in [0.25, 0.3) is 10.1 Å². The highest BCUT2D eigenvalue weighted by molar-refractivity contribution is 7.85. The largest absolute Gasteiger partial charge is 0.441 e. The number of halogens is 1. The monoisotopic (exact) mass is 305 g/mol. The zero-order valence-corrected chi connectivity index (χ0v) is 11.6. The number of ether oxygens (including phenoxy) is 1. The lowest BCUT2D eigenvalue weighted by molar-refractivity contribution is 0.107. The van der Waals surface area contributed by atoms with Crippen molar-refractivity contribution in [3.63, 3.8) is 0 Å². The first-order valence-corrected chi connectivity index (χ1v) is 7.63. The highest BCUT2D eigenvalue weighted by atomic mass is 35.5. The van der Waals surface area contributed by atoms with Crippen molar-refractivity contribution in [3.05, 3.63) is 29.3 Å². The highest BCUT2D eigenvalue weighted by Gasteiger charge is 2.33. The minimum atomic E-state index is -3.55. The van der Waals surface area contributed by atoms with E-state index in [-0.39, 0.29) is 13.2 Å². The average Bonchev–Trinajstić information content (AvgIpc) is 2.67. The van der Waals surface area contributed by atoms with Gasteiger partial charge in [-0.3, -0.25) is 9.08 Å². The first kappa shape index (κ1) is 14.1. The Balaban J connectivity index is 2.04. The molecule has 8 heteroatoms. The van der Waals surface area contributed by atoms with Gasteiger partial charge in [0.15, 0.2) is 0 Å². The summed E-state index contributed by atoms with van der Waals surface area (Å²) in [4.78, 5) is 13.1. The molecule has 6 nitrogen and oxygen atoms in total. The zero-order valence-electron chi connectivity index (χ0n) is 10.1. The second kappa shape index (κ2) is 5.36. The molecule has 0 aliphatic carbocycles. The standard InChI is InChI=1S/C11H12ClNO5S/c1-19(15,16)17-7-10-6-13(11(14)18-10)9-4-2-3-8(12)5-9/h2-5,10H,6-7H2,1H3. The summed E-state index contributed by atoms with van der Waals surface area (Å²) >= 11 is 5.85. The van der Waals surface area contributed by atoms with E-state index < -0.39 is 22.3 Å². The fourth-order valence-corrected chi connectivity index (χ4v) is 2.25. The molecule has 0 N–H and O–H groups in total. The quantitative estimate of drug-likeness (QED) is 0.791. The van der Waals surface area contributed by atoms with Crippen molar-refractivity contribution in [3.8, 4) is 0 Å². The molecule has 1 atom stereocenters. The van der Waals surface area contributed by atoms with Gasteiger partial charge in [0.1, 0.15) is 12.7 Å². The van der Waals surface area contributed by atoms with Gasteiger partial charge < -0.3 is 4.74 Å². The van der Waals surface area contributed by atoms with E-state index in [9.17, 15) is 13.2 Å². The lowest BCUT2D eigenvalue weighted by atomic mass is 10.3. The van der Waals surface area contributed by atoms with E-state index in [0.717, 1.165) is 6.26 Å². The van der Waals surface area contributed by atoms with Crippen LogP contribution < -0.4 is 4.90 Å². The van der Waals surface area contributed by atoms with Crippen LogP contribution >= 0.6 is 11.6 Å². The van der Waals surface area contributed by atoms with Crippen LogP contribution in [0.5, 0.6) is 0 Å². The number of hydrogen-bond donors (Lipinski definition) is 0. The predicted molar refractivity (Wildman–Crippen MR) is 69.9 cm³/mol. The lowest BCUT2D eigenvalue weighted by Crippen LogP contribution is -2.26. The summed E-state index contributed by atoms with van der Waals surface area (Å²) in [7, 11) is -3.55. The SMILES string of the molecule is CS(=O)(=O)OCC1CN(c2cccc(Cl)c2)C(=O)O1. The number of carbonyl (C=O) groups excluding carboxylic acids is 1. The van der Waals surface area contributed by atoms with Crippen LogP contribution in [0.2, 0.25) is 5.02 Å². The first-order valence-electron chi connectivity index (χ1n) is 5.43. The van der Waals surface area contributed by atoms with E-state index in [1.807, 2.05) is 0 Å². The van der Waals surface area contributed by atoms with Gasteiger partial charge in [-0.1, -0.05) is 17.7 Å². The Labute approximate surface area is 116 Å². The van der Waals surface area contributed by atoms with Gasteiger partial charge in [0.05, 0.1) is 12.8 Å². The predicted octanol–water partition coefficient (Wildman–Crippen LogP) is 1.64. The Bertz CT molecular complexity index is 589. The topological polar surface area (TPSA) is 72.9 Å². The molecular weight excluding hydrogens is 294 g/mol. The van der Waals surface area contributed by atoms with Crippen molar-refractivity contribution in [1.29, 1.82) is 0 Å². The van der Waals surface area contributed by atoms with E-state index in [0.29, 0.717) is 10.7 Å². The number of cyclic esters (lactones) is 1. The molecule has 104 valence electrons. The van der Waals surface area contributed by atoms with Crippen molar-refractivity contribution < 1.29 is 22.1 Å². The second-order valence-corrected chi connectivity index (χ2v) is 6.17. The van der Waals surface area contributed by atoms with Crippen molar-refractivity contribution in [2.24, 2.45) is 0 Å². The zero-order chi connectivity index (χ0) is 14.0. The normalized spacial score (nSPS) is 19.6. The van der Waals surface area contributed by atoms with E-state index in [2.05, 4.69) is 4.18 Å². The maximum Gasteiger partial charge on any atom is 0.414 e. The second-order valence-electron chi connectivity index (χ2n) is 4.08. The van der Waals surface area contributed by atoms with E-state index >= 15 is 0 Å². The van der Waals surface area contributed by atoms with Crippen LogP contribution in [0.15, 0.2) is 24.3 Å². The number of benzene rings is 1. The molecule has 0 bridgehead atoms. The van der Waals surface area contributed by atoms with Crippen LogP contribution in [-0.2, 0) is 19.0 Å². The molecular formula is C11H12ClNO5S. The fraction of sp³-hybridized carbons (Fsp3) is 0.364. The Morgan fingerprint density at radius 3 is 2.89 bits per heavy atom. The molecule has 1 aromatic rings. The Hall–Kier alpha value is -1.31. The smallest absolute Gasteiger partial charge is 0.414 e. The maximum absolute atomic E-state index is 11.7. The molecule has 0 saturated carbocycles. The summed E-state index contributed by atoms with van der Waals surface area (Å²) < 4.78 is 31.4. The van der Waals surface area contributed by atoms with Gasteiger partial charge in [-0.2, -0.15) is 8.42 Å². The van der Waals surface area contributed by atoms with Crippen LogP contribution in [0.3, 0.4) is 0 Å². The number of amides is 1. The van der Waals surface area contributed by atoms with Crippen molar-refractivity contribution in [2.75, 3.05) is 24.3 Å². The van der Waals surface area contributed by atoms with E-state index in [1.165, 1.54) is 4.90 Å². The summed E-state index contributed by atoms with van der Waals surface area (Å²) in [5.74, 6) is 0.